The van der Waals surface area contributed by atoms with Gasteiger partial charge in [-0.2, -0.15) is 0 Å². The Bertz CT molecular complexity index is 625. The number of hydrogen-bond acceptors (Lipinski definition) is 2. The van der Waals surface area contributed by atoms with E-state index in [1.54, 1.807) is 10.6 Å². The van der Waals surface area contributed by atoms with E-state index in [2.05, 4.69) is 0 Å². The van der Waals surface area contributed by atoms with Crippen LogP contribution in [0.1, 0.15) is 26.4 Å². The summed E-state index contributed by atoms with van der Waals surface area (Å²) in [5.41, 5.74) is 2.44. The average molecular weight is 215 g/mol. The van der Waals surface area contributed by atoms with Crippen LogP contribution in [0.5, 0.6) is 0 Å². The fourth-order valence-corrected chi connectivity index (χ4v) is 2.52. The minimum absolute atomic E-state index is 0.120. The maximum Gasteiger partial charge on any atom is 0.353 e. The number of carbonyl (C=O) groups excluding carboxylic acids is 1. The molecule has 16 heavy (non-hydrogen) atoms. The van der Waals surface area contributed by atoms with Crippen molar-refractivity contribution < 1.29 is 14.7 Å². The second-order valence-corrected chi connectivity index (χ2v) is 3.90. The van der Waals surface area contributed by atoms with E-state index in [9.17, 15) is 9.59 Å². The molecule has 0 saturated carbocycles. The molecule has 4 heteroatoms. The van der Waals surface area contributed by atoms with E-state index < -0.39 is 5.97 Å². The number of carboxylic acids is 1. The highest BCUT2D eigenvalue weighted by molar-refractivity contribution is 6.09. The van der Waals surface area contributed by atoms with E-state index in [4.69, 9.17) is 5.11 Å². The molecule has 0 bridgehead atoms. The molecule has 0 spiro atoms. The van der Waals surface area contributed by atoms with Gasteiger partial charge in [-0.15, -0.1) is 0 Å². The van der Waals surface area contributed by atoms with Gasteiger partial charge in [0.05, 0.1) is 11.1 Å². The lowest BCUT2D eigenvalue weighted by atomic mass is 10.1. The van der Waals surface area contributed by atoms with Gasteiger partial charge < -0.3 is 9.67 Å². The Morgan fingerprint density at radius 2 is 2.25 bits per heavy atom. The number of carboxylic acid groups (broad SMARTS) is 1. The lowest BCUT2D eigenvalue weighted by Crippen LogP contribution is -2.08. The molecule has 1 aliphatic heterocycles. The topological polar surface area (TPSA) is 59.3 Å². The number of aldehydes is 1. The van der Waals surface area contributed by atoms with Crippen molar-refractivity contribution in [1.82, 2.24) is 4.57 Å². The van der Waals surface area contributed by atoms with Gasteiger partial charge in [-0.05, 0) is 12.0 Å². The molecule has 0 radical (unpaired) electrons. The minimum Gasteiger partial charge on any atom is -0.477 e. The fraction of sp³-hybridized carbons (Fsp3) is 0.167. The molecule has 0 saturated heterocycles. The van der Waals surface area contributed by atoms with Crippen molar-refractivity contribution >= 4 is 23.2 Å². The van der Waals surface area contributed by atoms with E-state index in [1.165, 1.54) is 0 Å². The molecule has 3 rings (SSSR count). The highest BCUT2D eigenvalue weighted by Gasteiger charge is 2.26. The van der Waals surface area contributed by atoms with E-state index in [-0.39, 0.29) is 5.69 Å². The molecule has 1 aromatic heterocycles. The highest BCUT2D eigenvalue weighted by atomic mass is 16.4. The maximum atomic E-state index is 11.2. The Morgan fingerprint density at radius 3 is 2.94 bits per heavy atom. The molecule has 80 valence electrons. The van der Waals surface area contributed by atoms with E-state index >= 15 is 0 Å². The van der Waals surface area contributed by atoms with Crippen molar-refractivity contribution in [2.45, 2.75) is 13.0 Å². The first-order valence-electron chi connectivity index (χ1n) is 5.06. The predicted molar refractivity (Wildman–Crippen MR) is 58.0 cm³/mol. The lowest BCUT2D eigenvalue weighted by molar-refractivity contribution is 0.0683. The van der Waals surface area contributed by atoms with Crippen molar-refractivity contribution in [2.24, 2.45) is 0 Å². The average Bonchev–Trinajstić information content (AvgIpc) is 2.82. The van der Waals surface area contributed by atoms with Gasteiger partial charge in [0, 0.05) is 11.9 Å². The summed E-state index contributed by atoms with van der Waals surface area (Å²) in [6, 6.07) is 5.65. The summed E-state index contributed by atoms with van der Waals surface area (Å²) in [4.78, 5) is 22.2. The van der Waals surface area contributed by atoms with Gasteiger partial charge in [0.1, 0.15) is 5.69 Å². The zero-order chi connectivity index (χ0) is 11.3. The van der Waals surface area contributed by atoms with Crippen LogP contribution in [0.15, 0.2) is 18.2 Å². The Hall–Kier alpha value is -2.10. The predicted octanol–water partition coefficient (Wildman–Crippen LogP) is 1.71. The summed E-state index contributed by atoms with van der Waals surface area (Å²) in [6.07, 6.45) is 1.48. The van der Waals surface area contributed by atoms with Crippen LogP contribution in [0.4, 0.5) is 0 Å². The first-order valence-corrected chi connectivity index (χ1v) is 5.06. The van der Waals surface area contributed by atoms with Gasteiger partial charge in [-0.25, -0.2) is 4.79 Å². The Kier molecular flexibility index (Phi) is 1.68. The summed E-state index contributed by atoms with van der Waals surface area (Å²) in [5, 5.41) is 9.91. The van der Waals surface area contributed by atoms with Gasteiger partial charge in [0.15, 0.2) is 6.29 Å². The third kappa shape index (κ3) is 0.934. The van der Waals surface area contributed by atoms with Crippen molar-refractivity contribution in [2.75, 3.05) is 0 Å². The van der Waals surface area contributed by atoms with Crippen LogP contribution >= 0.6 is 0 Å². The van der Waals surface area contributed by atoms with Crippen molar-refractivity contribution in [3.8, 4) is 0 Å². The third-order valence-electron chi connectivity index (χ3n) is 3.13. The van der Waals surface area contributed by atoms with Gasteiger partial charge in [-0.3, -0.25) is 4.79 Å². The zero-order valence-corrected chi connectivity index (χ0v) is 8.43. The summed E-state index contributed by atoms with van der Waals surface area (Å²) >= 11 is 0. The highest BCUT2D eigenvalue weighted by Crippen LogP contribution is 2.32. The molecule has 0 fully saturated rings. The van der Waals surface area contributed by atoms with Crippen molar-refractivity contribution in [3.05, 3.63) is 35.0 Å². The molecule has 2 heterocycles. The molecule has 0 atom stereocenters. The second kappa shape index (κ2) is 2.95. The zero-order valence-electron chi connectivity index (χ0n) is 8.43. The van der Waals surface area contributed by atoms with Gasteiger partial charge in [-0.1, -0.05) is 18.2 Å². The van der Waals surface area contributed by atoms with Gasteiger partial charge >= 0.3 is 5.97 Å². The van der Waals surface area contributed by atoms with E-state index in [0.29, 0.717) is 18.4 Å². The summed E-state index contributed by atoms with van der Waals surface area (Å²) in [6.45, 7) is 0.644. The van der Waals surface area contributed by atoms with Crippen LogP contribution in [-0.2, 0) is 13.0 Å². The largest absolute Gasteiger partial charge is 0.477 e. The molecule has 1 N–H and O–H groups in total. The number of aromatic nitrogens is 1. The molecule has 1 aromatic carbocycles. The van der Waals surface area contributed by atoms with Gasteiger partial charge in [0.25, 0.3) is 0 Å². The first kappa shape index (κ1) is 9.15. The Morgan fingerprint density at radius 1 is 1.44 bits per heavy atom. The van der Waals surface area contributed by atoms with Crippen LogP contribution in [0, 0.1) is 0 Å². The number of aryl methyl sites for hydroxylation is 2. The number of rotatable bonds is 2. The third-order valence-corrected chi connectivity index (χ3v) is 3.13. The van der Waals surface area contributed by atoms with Crippen LogP contribution in [-0.4, -0.2) is 21.9 Å². The summed E-state index contributed by atoms with van der Waals surface area (Å²) in [7, 11) is 0. The van der Waals surface area contributed by atoms with E-state index in [1.807, 2.05) is 12.1 Å². The molecule has 1 aliphatic rings. The fourth-order valence-electron chi connectivity index (χ4n) is 2.52. The molecule has 0 amide bonds. The normalized spacial score (nSPS) is 13.2. The van der Waals surface area contributed by atoms with E-state index in [0.717, 1.165) is 22.9 Å². The quantitative estimate of drug-likeness (QED) is 0.776. The van der Waals surface area contributed by atoms with Crippen molar-refractivity contribution in [3.63, 3.8) is 0 Å². The Balaban J connectivity index is 2.54. The van der Waals surface area contributed by atoms with Crippen molar-refractivity contribution in [1.29, 1.82) is 0 Å². The van der Waals surface area contributed by atoms with Crippen LogP contribution < -0.4 is 0 Å². The maximum absolute atomic E-state index is 11.2. The number of carbonyl (C=O) groups is 2. The molecule has 2 aromatic rings. The number of hydrogen-bond donors (Lipinski definition) is 1. The molecular weight excluding hydrogens is 206 g/mol. The SMILES string of the molecule is O=Cc1c(C(=O)O)n2c3c(cccc13)CC2. The molecule has 0 aliphatic carbocycles. The minimum atomic E-state index is -1.04. The standard InChI is InChI=1S/C12H9NO3/c14-6-9-8-3-1-2-7-4-5-13(10(7)8)11(9)12(15)16/h1-3,6H,4-5H2,(H,15,16). The van der Waals surface area contributed by atoms with Crippen LogP contribution in [0.25, 0.3) is 10.9 Å². The second-order valence-electron chi connectivity index (χ2n) is 3.90. The number of benzene rings is 1. The smallest absolute Gasteiger partial charge is 0.353 e. The number of aromatic carboxylic acids is 1. The Labute approximate surface area is 91.1 Å². The van der Waals surface area contributed by atoms with Crippen LogP contribution in [0.3, 0.4) is 0 Å². The molecular formula is C12H9NO3. The first-order chi connectivity index (χ1) is 7.74. The lowest BCUT2D eigenvalue weighted by Gasteiger charge is -2.00. The number of nitrogens with zero attached hydrogens (tertiary/aromatic N) is 1. The number of para-hydroxylation sites is 1. The summed E-state index contributed by atoms with van der Waals surface area (Å²) < 4.78 is 1.73. The monoisotopic (exact) mass is 215 g/mol. The van der Waals surface area contributed by atoms with Gasteiger partial charge in [0.2, 0.25) is 0 Å². The van der Waals surface area contributed by atoms with Crippen LogP contribution in [0.2, 0.25) is 0 Å². The molecule has 0 unspecified atom stereocenters. The summed E-state index contributed by atoms with van der Waals surface area (Å²) in [5.74, 6) is -1.04. The molecule has 4 nitrogen and oxygen atoms in total.